The van der Waals surface area contributed by atoms with Crippen LogP contribution in [-0.2, 0) is 10.0 Å². The summed E-state index contributed by atoms with van der Waals surface area (Å²) in [5.74, 6) is -0.0334. The van der Waals surface area contributed by atoms with E-state index in [1.807, 2.05) is 62.4 Å². The predicted octanol–water partition coefficient (Wildman–Crippen LogP) is 3.60. The largest absolute Gasteiger partial charge is 0.336 e. The molecule has 0 aromatic heterocycles. The first-order chi connectivity index (χ1) is 13.9. The van der Waals surface area contributed by atoms with E-state index in [0.717, 1.165) is 21.9 Å². The molecular formula is C23H24N2O3S. The van der Waals surface area contributed by atoms with Crippen LogP contribution in [0.5, 0.6) is 0 Å². The van der Waals surface area contributed by atoms with Crippen molar-refractivity contribution in [2.24, 2.45) is 0 Å². The number of carbonyl (C=O) groups is 1. The van der Waals surface area contributed by atoms with Gasteiger partial charge in [0, 0.05) is 31.7 Å². The van der Waals surface area contributed by atoms with Gasteiger partial charge in [0.1, 0.15) is 0 Å². The molecule has 0 atom stereocenters. The maximum Gasteiger partial charge on any atom is 0.254 e. The zero-order valence-corrected chi connectivity index (χ0v) is 17.4. The molecule has 29 heavy (non-hydrogen) atoms. The molecule has 0 aliphatic carbocycles. The van der Waals surface area contributed by atoms with Gasteiger partial charge in [0.05, 0.1) is 4.90 Å². The van der Waals surface area contributed by atoms with Crippen molar-refractivity contribution in [1.82, 2.24) is 9.21 Å². The molecule has 0 saturated carbocycles. The molecule has 1 saturated heterocycles. The SMILES string of the molecule is Cc1cccc(C(=O)N2CCN(S(=O)(=O)c3ccc4ccccc4c3)CC2)c1C. The third kappa shape index (κ3) is 3.66. The fraction of sp³-hybridized carbons (Fsp3) is 0.261. The number of amides is 1. The molecule has 6 heteroatoms. The van der Waals surface area contributed by atoms with E-state index in [1.165, 1.54) is 4.31 Å². The lowest BCUT2D eigenvalue weighted by Crippen LogP contribution is -2.50. The smallest absolute Gasteiger partial charge is 0.254 e. The molecule has 150 valence electrons. The van der Waals surface area contributed by atoms with Crippen LogP contribution in [0, 0.1) is 13.8 Å². The zero-order valence-electron chi connectivity index (χ0n) is 16.6. The second-order valence-electron chi connectivity index (χ2n) is 7.45. The van der Waals surface area contributed by atoms with Crippen LogP contribution in [-0.4, -0.2) is 49.7 Å². The minimum absolute atomic E-state index is 0.0334. The number of rotatable bonds is 3. The van der Waals surface area contributed by atoms with Crippen LogP contribution < -0.4 is 0 Å². The summed E-state index contributed by atoms with van der Waals surface area (Å²) < 4.78 is 27.7. The van der Waals surface area contributed by atoms with E-state index >= 15 is 0 Å². The highest BCUT2D eigenvalue weighted by atomic mass is 32.2. The number of carbonyl (C=O) groups excluding carboxylic acids is 1. The monoisotopic (exact) mass is 408 g/mol. The molecule has 3 aromatic rings. The van der Waals surface area contributed by atoms with E-state index < -0.39 is 10.0 Å². The highest BCUT2D eigenvalue weighted by molar-refractivity contribution is 7.89. The van der Waals surface area contributed by atoms with Crippen molar-refractivity contribution in [2.75, 3.05) is 26.2 Å². The van der Waals surface area contributed by atoms with Gasteiger partial charge < -0.3 is 4.90 Å². The van der Waals surface area contributed by atoms with Gasteiger partial charge in [-0.3, -0.25) is 4.79 Å². The Kier molecular flexibility index (Phi) is 5.15. The zero-order chi connectivity index (χ0) is 20.6. The van der Waals surface area contributed by atoms with Crippen molar-refractivity contribution < 1.29 is 13.2 Å². The molecule has 1 aliphatic heterocycles. The third-order valence-corrected chi connectivity index (χ3v) is 7.61. The third-order valence-electron chi connectivity index (χ3n) is 5.72. The number of hydrogen-bond donors (Lipinski definition) is 0. The number of hydrogen-bond acceptors (Lipinski definition) is 3. The second kappa shape index (κ2) is 7.61. The van der Waals surface area contributed by atoms with Crippen LogP contribution >= 0.6 is 0 Å². The van der Waals surface area contributed by atoms with E-state index in [2.05, 4.69) is 0 Å². The van der Waals surface area contributed by atoms with Crippen LogP contribution in [0.25, 0.3) is 10.8 Å². The van der Waals surface area contributed by atoms with Crippen LogP contribution in [0.1, 0.15) is 21.5 Å². The topological polar surface area (TPSA) is 57.7 Å². The van der Waals surface area contributed by atoms with Gasteiger partial charge in [0.15, 0.2) is 0 Å². The lowest BCUT2D eigenvalue weighted by Gasteiger charge is -2.34. The van der Waals surface area contributed by atoms with Crippen LogP contribution in [0.15, 0.2) is 65.6 Å². The quantitative estimate of drug-likeness (QED) is 0.665. The van der Waals surface area contributed by atoms with E-state index in [4.69, 9.17) is 0 Å². The Hall–Kier alpha value is -2.70. The van der Waals surface area contributed by atoms with E-state index in [1.54, 1.807) is 17.0 Å². The molecule has 0 N–H and O–H groups in total. The molecule has 1 aliphatic rings. The van der Waals surface area contributed by atoms with Crippen LogP contribution in [0.3, 0.4) is 0 Å². The Morgan fingerprint density at radius 1 is 0.828 bits per heavy atom. The summed E-state index contributed by atoms with van der Waals surface area (Å²) in [5.41, 5.74) is 2.74. The summed E-state index contributed by atoms with van der Waals surface area (Å²) in [6.07, 6.45) is 0. The van der Waals surface area contributed by atoms with Gasteiger partial charge in [-0.25, -0.2) is 8.42 Å². The summed E-state index contributed by atoms with van der Waals surface area (Å²) in [4.78, 5) is 14.9. The molecule has 1 amide bonds. The van der Waals surface area contributed by atoms with E-state index in [-0.39, 0.29) is 5.91 Å². The maximum absolute atomic E-state index is 13.1. The molecule has 0 bridgehead atoms. The molecule has 0 unspecified atom stereocenters. The summed E-state index contributed by atoms with van der Waals surface area (Å²) in [6, 6.07) is 18.6. The fourth-order valence-corrected chi connectivity index (χ4v) is 5.22. The average molecular weight is 409 g/mol. The maximum atomic E-state index is 13.1. The van der Waals surface area contributed by atoms with Crippen molar-refractivity contribution in [3.63, 3.8) is 0 Å². The molecular weight excluding hydrogens is 384 g/mol. The Balaban J connectivity index is 1.51. The first-order valence-electron chi connectivity index (χ1n) is 9.72. The predicted molar refractivity (Wildman–Crippen MR) is 115 cm³/mol. The highest BCUT2D eigenvalue weighted by Crippen LogP contribution is 2.23. The van der Waals surface area contributed by atoms with Gasteiger partial charge >= 0.3 is 0 Å². The molecule has 1 heterocycles. The van der Waals surface area contributed by atoms with Gasteiger partial charge in [-0.15, -0.1) is 0 Å². The average Bonchev–Trinajstić information content (AvgIpc) is 2.75. The Bertz CT molecular complexity index is 1180. The number of benzene rings is 3. The lowest BCUT2D eigenvalue weighted by molar-refractivity contribution is 0.0697. The van der Waals surface area contributed by atoms with E-state index in [9.17, 15) is 13.2 Å². The molecule has 1 fully saturated rings. The molecule has 5 nitrogen and oxygen atoms in total. The highest BCUT2D eigenvalue weighted by Gasteiger charge is 2.31. The standard InChI is InChI=1S/C23H24N2O3S/c1-17-6-5-9-22(18(17)2)23(26)24-12-14-25(15-13-24)29(27,28)21-11-10-19-7-3-4-8-20(19)16-21/h3-11,16H,12-15H2,1-2H3. The summed E-state index contributed by atoms with van der Waals surface area (Å²) in [6.45, 7) is 5.30. The van der Waals surface area contributed by atoms with Gasteiger partial charge in [-0.05, 0) is 53.9 Å². The summed E-state index contributed by atoms with van der Waals surface area (Å²) in [5, 5.41) is 1.91. The van der Waals surface area contributed by atoms with E-state index in [0.29, 0.717) is 36.6 Å². The second-order valence-corrected chi connectivity index (χ2v) is 9.39. The number of sulfonamides is 1. The minimum Gasteiger partial charge on any atom is -0.336 e. The number of fused-ring (bicyclic) bond motifs is 1. The van der Waals surface area contributed by atoms with Crippen LogP contribution in [0.4, 0.5) is 0 Å². The molecule has 4 rings (SSSR count). The molecule has 0 spiro atoms. The van der Waals surface area contributed by atoms with Crippen molar-refractivity contribution in [1.29, 1.82) is 0 Å². The Morgan fingerprint density at radius 3 is 2.24 bits per heavy atom. The van der Waals surface area contributed by atoms with Gasteiger partial charge in [-0.1, -0.05) is 42.5 Å². The molecule has 3 aromatic carbocycles. The Labute approximate surface area is 171 Å². The fourth-order valence-electron chi connectivity index (χ4n) is 3.76. The first-order valence-corrected chi connectivity index (χ1v) is 11.2. The van der Waals surface area contributed by atoms with Crippen LogP contribution in [0.2, 0.25) is 0 Å². The van der Waals surface area contributed by atoms with Gasteiger partial charge in [0.2, 0.25) is 10.0 Å². The minimum atomic E-state index is -3.59. The normalized spacial score (nSPS) is 15.6. The van der Waals surface area contributed by atoms with Gasteiger partial charge in [0.25, 0.3) is 5.91 Å². The summed E-state index contributed by atoms with van der Waals surface area (Å²) >= 11 is 0. The lowest BCUT2D eigenvalue weighted by atomic mass is 10.0. The van der Waals surface area contributed by atoms with Crippen molar-refractivity contribution in [3.05, 3.63) is 77.4 Å². The van der Waals surface area contributed by atoms with Crippen molar-refractivity contribution in [2.45, 2.75) is 18.7 Å². The molecule has 0 radical (unpaired) electrons. The Morgan fingerprint density at radius 2 is 1.52 bits per heavy atom. The number of piperazine rings is 1. The van der Waals surface area contributed by atoms with Crippen molar-refractivity contribution >= 4 is 26.7 Å². The van der Waals surface area contributed by atoms with Crippen molar-refractivity contribution in [3.8, 4) is 0 Å². The summed E-state index contributed by atoms with van der Waals surface area (Å²) in [7, 11) is -3.59. The van der Waals surface area contributed by atoms with Gasteiger partial charge in [-0.2, -0.15) is 4.31 Å². The number of aryl methyl sites for hydroxylation is 1. The number of nitrogens with zero attached hydrogens (tertiary/aromatic N) is 2. The first kappa shape index (κ1) is 19.6.